The number of aromatic nitrogens is 1. The summed E-state index contributed by atoms with van der Waals surface area (Å²) in [5.41, 5.74) is 1.77. The van der Waals surface area contributed by atoms with Gasteiger partial charge in [-0.2, -0.15) is 0 Å². The second kappa shape index (κ2) is 4.63. The average molecular weight is 250 g/mol. The van der Waals surface area contributed by atoms with Crippen LogP contribution in [-0.2, 0) is 0 Å². The highest BCUT2D eigenvalue weighted by molar-refractivity contribution is 6.29. The van der Waals surface area contributed by atoms with Crippen molar-refractivity contribution in [3.8, 4) is 11.3 Å². The Balaban J connectivity index is 2.51. The fourth-order valence-corrected chi connectivity index (χ4v) is 1.68. The molecule has 0 aliphatic heterocycles. The first kappa shape index (κ1) is 11.7. The number of pyridine rings is 1. The molecule has 2 nitrogen and oxygen atoms in total. The first-order valence-electron chi connectivity index (χ1n) is 5.01. The zero-order valence-corrected chi connectivity index (χ0v) is 9.83. The number of ketones is 1. The van der Waals surface area contributed by atoms with Crippen LogP contribution in [0.1, 0.15) is 17.3 Å². The summed E-state index contributed by atoms with van der Waals surface area (Å²) in [6.07, 6.45) is 0. The summed E-state index contributed by atoms with van der Waals surface area (Å²) in [6, 6.07) is 9.02. The minimum Gasteiger partial charge on any atom is -0.295 e. The summed E-state index contributed by atoms with van der Waals surface area (Å²) < 4.78 is 12.8. The van der Waals surface area contributed by atoms with Gasteiger partial charge >= 0.3 is 0 Å². The van der Waals surface area contributed by atoms with E-state index < -0.39 is 0 Å². The lowest BCUT2D eigenvalue weighted by molar-refractivity contribution is 0.101. The van der Waals surface area contributed by atoms with E-state index in [2.05, 4.69) is 4.98 Å². The molecular weight excluding hydrogens is 241 g/mol. The van der Waals surface area contributed by atoms with Gasteiger partial charge in [0.05, 0.1) is 5.69 Å². The van der Waals surface area contributed by atoms with Crippen molar-refractivity contribution < 1.29 is 9.18 Å². The number of Topliss-reactive ketones (excluding diaryl/α,β-unsaturated/α-hetero) is 1. The molecular formula is C13H9ClFNO. The zero-order chi connectivity index (χ0) is 12.4. The van der Waals surface area contributed by atoms with Gasteiger partial charge in [-0.25, -0.2) is 9.37 Å². The maximum absolute atomic E-state index is 12.8. The van der Waals surface area contributed by atoms with Crippen molar-refractivity contribution in [1.29, 1.82) is 0 Å². The van der Waals surface area contributed by atoms with Gasteiger partial charge in [0.2, 0.25) is 0 Å². The first-order chi connectivity index (χ1) is 8.06. The van der Waals surface area contributed by atoms with Crippen molar-refractivity contribution in [1.82, 2.24) is 4.98 Å². The summed E-state index contributed by atoms with van der Waals surface area (Å²) in [5, 5.41) is 0.247. The number of carbonyl (C=O) groups excluding carboxylic acids is 1. The quantitative estimate of drug-likeness (QED) is 0.599. The molecule has 0 bridgehead atoms. The van der Waals surface area contributed by atoms with Crippen molar-refractivity contribution >= 4 is 17.4 Å². The fraction of sp³-hybridized carbons (Fsp3) is 0.0769. The van der Waals surface area contributed by atoms with Crippen molar-refractivity contribution in [2.24, 2.45) is 0 Å². The minimum absolute atomic E-state index is 0.0855. The van der Waals surface area contributed by atoms with Crippen LogP contribution in [0.4, 0.5) is 4.39 Å². The molecule has 4 heteroatoms. The second-order valence-electron chi connectivity index (χ2n) is 3.63. The molecule has 0 atom stereocenters. The molecule has 0 spiro atoms. The average Bonchev–Trinajstić information content (AvgIpc) is 2.29. The monoisotopic (exact) mass is 249 g/mol. The molecule has 1 heterocycles. The van der Waals surface area contributed by atoms with Crippen molar-refractivity contribution in [2.45, 2.75) is 6.92 Å². The molecule has 1 aromatic heterocycles. The van der Waals surface area contributed by atoms with E-state index in [-0.39, 0.29) is 16.8 Å². The number of hydrogen-bond acceptors (Lipinski definition) is 2. The molecule has 17 heavy (non-hydrogen) atoms. The Kier molecular flexibility index (Phi) is 3.20. The smallest absolute Gasteiger partial charge is 0.159 e. The van der Waals surface area contributed by atoms with Crippen LogP contribution in [0.5, 0.6) is 0 Å². The van der Waals surface area contributed by atoms with E-state index in [1.807, 2.05) is 0 Å². The second-order valence-corrected chi connectivity index (χ2v) is 4.01. The topological polar surface area (TPSA) is 30.0 Å². The molecule has 2 rings (SSSR count). The third-order valence-electron chi connectivity index (χ3n) is 2.34. The lowest BCUT2D eigenvalue weighted by Gasteiger charge is -2.04. The number of nitrogens with zero attached hydrogens (tertiary/aromatic N) is 1. The Morgan fingerprint density at radius 2 is 1.88 bits per heavy atom. The van der Waals surface area contributed by atoms with Crippen LogP contribution < -0.4 is 0 Å². The summed E-state index contributed by atoms with van der Waals surface area (Å²) >= 11 is 5.84. The van der Waals surface area contributed by atoms with Crippen molar-refractivity contribution in [3.63, 3.8) is 0 Å². The Hall–Kier alpha value is -1.74. The van der Waals surface area contributed by atoms with E-state index in [4.69, 9.17) is 11.6 Å². The highest BCUT2D eigenvalue weighted by Crippen LogP contribution is 2.21. The fourth-order valence-electron chi connectivity index (χ4n) is 1.47. The predicted octanol–water partition coefficient (Wildman–Crippen LogP) is 3.74. The van der Waals surface area contributed by atoms with Crippen LogP contribution in [0.2, 0.25) is 5.15 Å². The molecule has 0 unspecified atom stereocenters. The Bertz CT molecular complexity index is 566. The standard InChI is InChI=1S/C13H9ClFNO/c1-8(17)10-6-12(16-13(14)7-10)9-2-4-11(15)5-3-9/h2-7H,1H3. The van der Waals surface area contributed by atoms with Gasteiger partial charge in [-0.1, -0.05) is 11.6 Å². The Morgan fingerprint density at radius 3 is 2.47 bits per heavy atom. The van der Waals surface area contributed by atoms with Gasteiger partial charge < -0.3 is 0 Å². The third-order valence-corrected chi connectivity index (χ3v) is 2.53. The summed E-state index contributed by atoms with van der Waals surface area (Å²) in [6.45, 7) is 1.46. The molecule has 0 aliphatic rings. The Labute approximate surface area is 103 Å². The number of benzene rings is 1. The summed E-state index contributed by atoms with van der Waals surface area (Å²) in [7, 11) is 0. The lowest BCUT2D eigenvalue weighted by atomic mass is 10.1. The molecule has 1 aromatic carbocycles. The molecule has 0 amide bonds. The molecule has 0 saturated carbocycles. The highest BCUT2D eigenvalue weighted by atomic mass is 35.5. The molecule has 86 valence electrons. The normalized spacial score (nSPS) is 10.3. The predicted molar refractivity (Wildman–Crippen MR) is 64.6 cm³/mol. The molecule has 0 radical (unpaired) electrons. The van der Waals surface area contributed by atoms with Crippen LogP contribution in [0.15, 0.2) is 36.4 Å². The Morgan fingerprint density at radius 1 is 1.24 bits per heavy atom. The van der Waals surface area contributed by atoms with Gasteiger partial charge in [0.15, 0.2) is 5.78 Å². The van der Waals surface area contributed by atoms with Gasteiger partial charge in [0, 0.05) is 11.1 Å². The van der Waals surface area contributed by atoms with Crippen LogP contribution in [0.25, 0.3) is 11.3 Å². The molecule has 0 saturated heterocycles. The molecule has 2 aromatic rings. The molecule has 0 fully saturated rings. The van der Waals surface area contributed by atoms with Gasteiger partial charge in [0.25, 0.3) is 0 Å². The van der Waals surface area contributed by atoms with E-state index in [0.29, 0.717) is 11.3 Å². The van der Waals surface area contributed by atoms with Gasteiger partial charge in [-0.3, -0.25) is 4.79 Å². The van der Waals surface area contributed by atoms with Gasteiger partial charge in [0.1, 0.15) is 11.0 Å². The van der Waals surface area contributed by atoms with Crippen LogP contribution in [0.3, 0.4) is 0 Å². The zero-order valence-electron chi connectivity index (χ0n) is 9.08. The largest absolute Gasteiger partial charge is 0.295 e. The van der Waals surface area contributed by atoms with Crippen LogP contribution >= 0.6 is 11.6 Å². The summed E-state index contributed by atoms with van der Waals surface area (Å²) in [4.78, 5) is 15.4. The van der Waals surface area contributed by atoms with Crippen molar-refractivity contribution in [3.05, 3.63) is 52.9 Å². The maximum atomic E-state index is 12.8. The molecule has 0 aliphatic carbocycles. The molecule has 0 N–H and O–H groups in total. The lowest BCUT2D eigenvalue weighted by Crippen LogP contribution is -1.95. The summed E-state index contributed by atoms with van der Waals surface area (Å²) in [5.74, 6) is -0.403. The minimum atomic E-state index is -0.317. The number of halogens is 2. The van der Waals surface area contributed by atoms with E-state index >= 15 is 0 Å². The van der Waals surface area contributed by atoms with Crippen molar-refractivity contribution in [2.75, 3.05) is 0 Å². The SMILES string of the molecule is CC(=O)c1cc(Cl)nc(-c2ccc(F)cc2)c1. The van der Waals surface area contributed by atoms with E-state index in [1.165, 1.54) is 25.1 Å². The number of rotatable bonds is 2. The number of hydrogen-bond donors (Lipinski definition) is 0. The van der Waals surface area contributed by atoms with Crippen LogP contribution in [0, 0.1) is 5.82 Å². The number of carbonyl (C=O) groups is 1. The van der Waals surface area contributed by atoms with Gasteiger partial charge in [-0.05, 0) is 43.3 Å². The maximum Gasteiger partial charge on any atom is 0.159 e. The van der Waals surface area contributed by atoms with Crippen LogP contribution in [-0.4, -0.2) is 10.8 Å². The van der Waals surface area contributed by atoms with E-state index in [9.17, 15) is 9.18 Å². The first-order valence-corrected chi connectivity index (χ1v) is 5.38. The third kappa shape index (κ3) is 2.68. The highest BCUT2D eigenvalue weighted by Gasteiger charge is 2.07. The van der Waals surface area contributed by atoms with E-state index in [1.54, 1.807) is 18.2 Å². The van der Waals surface area contributed by atoms with Gasteiger partial charge in [-0.15, -0.1) is 0 Å². The van der Waals surface area contributed by atoms with E-state index in [0.717, 1.165) is 5.56 Å².